The number of nitrogens with zero attached hydrogens (tertiary/aromatic N) is 1. The van der Waals surface area contributed by atoms with Gasteiger partial charge < -0.3 is 5.32 Å². The summed E-state index contributed by atoms with van der Waals surface area (Å²) in [5.74, 6) is 2.31. The van der Waals surface area contributed by atoms with E-state index >= 15 is 0 Å². The van der Waals surface area contributed by atoms with Gasteiger partial charge >= 0.3 is 0 Å². The summed E-state index contributed by atoms with van der Waals surface area (Å²) in [6.07, 6.45) is 9.29. The summed E-state index contributed by atoms with van der Waals surface area (Å²) >= 11 is 0. The molecule has 4 bridgehead atoms. The van der Waals surface area contributed by atoms with E-state index in [0.717, 1.165) is 28.3 Å². The molecular weight excluding hydrogens is 420 g/mol. The van der Waals surface area contributed by atoms with E-state index in [2.05, 4.69) is 17.4 Å². The lowest BCUT2D eigenvalue weighted by atomic mass is 9.48. The van der Waals surface area contributed by atoms with Crippen LogP contribution in [0.2, 0.25) is 0 Å². The minimum atomic E-state index is -3.55. The molecular formula is C26H32N2O3S. The van der Waals surface area contributed by atoms with E-state index in [-0.39, 0.29) is 5.91 Å². The summed E-state index contributed by atoms with van der Waals surface area (Å²) in [7, 11) is -2.10. The zero-order valence-electron chi connectivity index (χ0n) is 18.8. The molecule has 2 aromatic rings. The second-order valence-corrected chi connectivity index (χ2v) is 12.4. The molecule has 0 radical (unpaired) electrons. The Balaban J connectivity index is 1.36. The molecule has 4 saturated carbocycles. The first-order valence-electron chi connectivity index (χ1n) is 11.6. The molecule has 0 aliphatic heterocycles. The smallest absolute Gasteiger partial charge is 0.247 e. The maximum atomic E-state index is 13.2. The van der Waals surface area contributed by atoms with Gasteiger partial charge in [0.1, 0.15) is 6.04 Å². The maximum absolute atomic E-state index is 13.2. The number of hydrogen-bond acceptors (Lipinski definition) is 3. The average Bonchev–Trinajstić information content (AvgIpc) is 2.73. The molecule has 170 valence electrons. The molecule has 1 atom stereocenters. The molecule has 32 heavy (non-hydrogen) atoms. The van der Waals surface area contributed by atoms with Crippen molar-refractivity contribution in [3.63, 3.8) is 0 Å². The van der Waals surface area contributed by atoms with Crippen molar-refractivity contribution in [3.8, 4) is 0 Å². The molecule has 1 amide bonds. The monoisotopic (exact) mass is 452 g/mol. The summed E-state index contributed by atoms with van der Waals surface area (Å²) in [6.45, 7) is 0. The fourth-order valence-electron chi connectivity index (χ4n) is 6.94. The lowest BCUT2D eigenvalue weighted by Crippen LogP contribution is -2.48. The maximum Gasteiger partial charge on any atom is 0.247 e. The van der Waals surface area contributed by atoms with E-state index in [1.807, 2.05) is 30.3 Å². The highest BCUT2D eigenvalue weighted by molar-refractivity contribution is 7.88. The highest BCUT2D eigenvalue weighted by Gasteiger charge is 2.51. The first kappa shape index (κ1) is 21.7. The van der Waals surface area contributed by atoms with Gasteiger partial charge in [0.05, 0.1) is 6.26 Å². The third kappa shape index (κ3) is 3.99. The van der Waals surface area contributed by atoms with Gasteiger partial charge in [0.15, 0.2) is 0 Å². The molecule has 0 unspecified atom stereocenters. The fourth-order valence-corrected chi connectivity index (χ4v) is 7.54. The first-order chi connectivity index (χ1) is 15.2. The Morgan fingerprint density at radius 1 is 0.938 bits per heavy atom. The van der Waals surface area contributed by atoms with Crippen LogP contribution < -0.4 is 5.32 Å². The van der Waals surface area contributed by atoms with Crippen molar-refractivity contribution in [1.29, 1.82) is 0 Å². The minimum absolute atomic E-state index is 0.320. The van der Waals surface area contributed by atoms with Crippen molar-refractivity contribution < 1.29 is 13.2 Å². The lowest BCUT2D eigenvalue weighted by Gasteiger charge is -2.57. The zero-order valence-corrected chi connectivity index (χ0v) is 19.6. The Bertz CT molecular complexity index is 1060. The second-order valence-electron chi connectivity index (χ2n) is 10.4. The van der Waals surface area contributed by atoms with Gasteiger partial charge in [0.25, 0.3) is 0 Å². The third-order valence-corrected chi connectivity index (χ3v) is 9.31. The van der Waals surface area contributed by atoms with Crippen molar-refractivity contribution in [2.75, 3.05) is 18.6 Å². The number of amides is 1. The van der Waals surface area contributed by atoms with Crippen LogP contribution in [0.1, 0.15) is 55.7 Å². The summed E-state index contributed by atoms with van der Waals surface area (Å²) in [5.41, 5.74) is 3.07. The van der Waals surface area contributed by atoms with E-state index in [0.29, 0.717) is 16.7 Å². The summed E-state index contributed by atoms with van der Waals surface area (Å²) in [4.78, 5) is 13.2. The molecule has 0 heterocycles. The van der Waals surface area contributed by atoms with Crippen LogP contribution >= 0.6 is 0 Å². The number of benzene rings is 2. The van der Waals surface area contributed by atoms with E-state index in [9.17, 15) is 13.2 Å². The molecule has 4 fully saturated rings. The van der Waals surface area contributed by atoms with Gasteiger partial charge in [0.2, 0.25) is 15.9 Å². The summed E-state index contributed by atoms with van der Waals surface area (Å²) in [6, 6.07) is 16.4. The Morgan fingerprint density at radius 3 is 1.97 bits per heavy atom. The van der Waals surface area contributed by atoms with Gasteiger partial charge in [-0.15, -0.1) is 0 Å². The van der Waals surface area contributed by atoms with Crippen LogP contribution in [0.3, 0.4) is 0 Å². The molecule has 2 aromatic carbocycles. The van der Waals surface area contributed by atoms with Crippen molar-refractivity contribution in [1.82, 2.24) is 4.31 Å². The van der Waals surface area contributed by atoms with Gasteiger partial charge in [-0.2, -0.15) is 4.31 Å². The van der Waals surface area contributed by atoms with E-state index < -0.39 is 16.1 Å². The van der Waals surface area contributed by atoms with Crippen LogP contribution in [-0.4, -0.2) is 31.9 Å². The molecule has 6 heteroatoms. The number of hydrogen-bond donors (Lipinski definition) is 1. The topological polar surface area (TPSA) is 66.5 Å². The van der Waals surface area contributed by atoms with Gasteiger partial charge in [0, 0.05) is 12.7 Å². The van der Waals surface area contributed by atoms with Crippen LogP contribution in [0.5, 0.6) is 0 Å². The van der Waals surface area contributed by atoms with Crippen LogP contribution in [0.4, 0.5) is 5.69 Å². The molecule has 5 nitrogen and oxygen atoms in total. The first-order valence-corrected chi connectivity index (χ1v) is 13.5. The van der Waals surface area contributed by atoms with Crippen molar-refractivity contribution in [2.45, 2.75) is 50.0 Å². The molecule has 4 aliphatic rings. The molecule has 0 aromatic heterocycles. The predicted molar refractivity (Wildman–Crippen MR) is 127 cm³/mol. The minimum Gasteiger partial charge on any atom is -0.324 e. The van der Waals surface area contributed by atoms with E-state index in [1.165, 1.54) is 51.1 Å². The number of carbonyl (C=O) groups excluding carboxylic acids is 1. The van der Waals surface area contributed by atoms with Gasteiger partial charge in [-0.05, 0) is 85.0 Å². The Hall–Kier alpha value is -2.18. The van der Waals surface area contributed by atoms with Gasteiger partial charge in [-0.25, -0.2) is 8.42 Å². The van der Waals surface area contributed by atoms with Gasteiger partial charge in [-0.3, -0.25) is 4.79 Å². The highest BCUT2D eigenvalue weighted by Crippen LogP contribution is 2.60. The molecule has 4 aliphatic carbocycles. The van der Waals surface area contributed by atoms with Crippen molar-refractivity contribution in [2.24, 2.45) is 17.8 Å². The number of sulfonamides is 1. The average molecular weight is 453 g/mol. The van der Waals surface area contributed by atoms with Crippen molar-refractivity contribution >= 4 is 21.6 Å². The largest absolute Gasteiger partial charge is 0.324 e. The van der Waals surface area contributed by atoms with E-state index in [4.69, 9.17) is 0 Å². The number of anilines is 1. The van der Waals surface area contributed by atoms with Crippen LogP contribution in [0, 0.1) is 17.8 Å². The van der Waals surface area contributed by atoms with Crippen LogP contribution in [0.25, 0.3) is 0 Å². The zero-order chi connectivity index (χ0) is 22.5. The Morgan fingerprint density at radius 2 is 1.47 bits per heavy atom. The van der Waals surface area contributed by atoms with Crippen LogP contribution in [-0.2, 0) is 20.2 Å². The highest BCUT2D eigenvalue weighted by atomic mass is 32.2. The summed E-state index contributed by atoms with van der Waals surface area (Å²) < 4.78 is 25.5. The quantitative estimate of drug-likeness (QED) is 0.689. The van der Waals surface area contributed by atoms with Gasteiger partial charge in [-0.1, -0.05) is 42.5 Å². The third-order valence-electron chi connectivity index (χ3n) is 8.05. The molecule has 6 rings (SSSR count). The Labute approximate surface area is 191 Å². The second kappa shape index (κ2) is 7.99. The van der Waals surface area contributed by atoms with E-state index in [1.54, 1.807) is 12.1 Å². The number of rotatable bonds is 6. The number of likely N-dealkylation sites (N-methyl/N-ethyl adjacent to an activating group) is 1. The SMILES string of the molecule is CN([C@H](C(=O)Nc1ccc(C23CC4CC(CC(C4)C2)C3)cc1)c1ccccc1)S(C)(=O)=O. The molecule has 1 N–H and O–H groups in total. The molecule has 0 spiro atoms. The van der Waals surface area contributed by atoms with Crippen LogP contribution in [0.15, 0.2) is 54.6 Å². The number of carbonyl (C=O) groups is 1. The normalized spacial score (nSPS) is 29.8. The summed E-state index contributed by atoms with van der Waals surface area (Å²) in [5, 5.41) is 2.95. The fraction of sp³-hybridized carbons (Fsp3) is 0.500. The molecule has 0 saturated heterocycles. The predicted octanol–water partition coefficient (Wildman–Crippen LogP) is 4.73. The Kier molecular flexibility index (Phi) is 5.41. The lowest BCUT2D eigenvalue weighted by molar-refractivity contribution is -0.119. The van der Waals surface area contributed by atoms with Crippen molar-refractivity contribution in [3.05, 3.63) is 65.7 Å². The standard InChI is InChI=1S/C26H32N2O3S/c1-28(32(2,30)31)24(21-6-4-3-5-7-21)25(29)27-23-10-8-22(9-11-23)26-15-18-12-19(16-26)14-20(13-18)17-26/h3-11,18-20,24H,12-17H2,1-2H3,(H,27,29)/t18?,19?,20?,24-,26?/m0/s1. The number of nitrogens with one attached hydrogen (secondary N) is 1.